The Morgan fingerprint density at radius 2 is 1.92 bits per heavy atom. The van der Waals surface area contributed by atoms with Crippen LogP contribution in [0.1, 0.15) is 20.3 Å². The van der Waals surface area contributed by atoms with Gasteiger partial charge in [-0.3, -0.25) is 4.79 Å². The molecule has 0 aliphatic carbocycles. The predicted octanol–water partition coefficient (Wildman–Crippen LogP) is 1.14. The van der Waals surface area contributed by atoms with Crippen molar-refractivity contribution < 1.29 is 9.53 Å². The zero-order valence-corrected chi connectivity index (χ0v) is 8.75. The SMILES string of the molecule is COCC(=O)N1CC(C)CC(C)C1. The van der Waals surface area contributed by atoms with Gasteiger partial charge in [0.2, 0.25) is 5.91 Å². The molecule has 2 atom stereocenters. The molecule has 1 aliphatic rings. The van der Waals surface area contributed by atoms with Gasteiger partial charge in [-0.2, -0.15) is 0 Å². The van der Waals surface area contributed by atoms with Crippen LogP contribution in [0.4, 0.5) is 0 Å². The van der Waals surface area contributed by atoms with Gasteiger partial charge in [0.05, 0.1) is 0 Å². The summed E-state index contributed by atoms with van der Waals surface area (Å²) in [5, 5.41) is 0. The van der Waals surface area contributed by atoms with Crippen LogP contribution in [0, 0.1) is 11.8 Å². The van der Waals surface area contributed by atoms with E-state index in [2.05, 4.69) is 13.8 Å². The normalized spacial score (nSPS) is 29.0. The summed E-state index contributed by atoms with van der Waals surface area (Å²) in [6.45, 7) is 6.41. The molecule has 0 aromatic rings. The quantitative estimate of drug-likeness (QED) is 0.645. The van der Waals surface area contributed by atoms with Gasteiger partial charge in [0.25, 0.3) is 0 Å². The Labute approximate surface area is 80.1 Å². The molecule has 0 aromatic heterocycles. The third-order valence-corrected chi connectivity index (χ3v) is 2.49. The minimum absolute atomic E-state index is 0.126. The van der Waals surface area contributed by atoms with Crippen LogP contribution in [0.5, 0.6) is 0 Å². The van der Waals surface area contributed by atoms with Crippen LogP contribution in [0.2, 0.25) is 0 Å². The summed E-state index contributed by atoms with van der Waals surface area (Å²) in [4.78, 5) is 13.4. The number of methoxy groups -OCH3 is 1. The van der Waals surface area contributed by atoms with Gasteiger partial charge < -0.3 is 9.64 Å². The summed E-state index contributed by atoms with van der Waals surface area (Å²) in [6.07, 6.45) is 1.23. The van der Waals surface area contributed by atoms with Gasteiger partial charge in [0.1, 0.15) is 6.61 Å². The molecule has 1 saturated heterocycles. The Morgan fingerprint density at radius 1 is 1.38 bits per heavy atom. The van der Waals surface area contributed by atoms with E-state index < -0.39 is 0 Å². The first-order chi connectivity index (χ1) is 6.13. The first kappa shape index (κ1) is 10.5. The number of rotatable bonds is 2. The number of likely N-dealkylation sites (tertiary alicyclic amines) is 1. The standard InChI is InChI=1S/C10H19NO2/c1-8-4-9(2)6-11(5-8)10(12)7-13-3/h8-9H,4-7H2,1-3H3. The fourth-order valence-electron chi connectivity index (χ4n) is 2.08. The third kappa shape index (κ3) is 2.99. The van der Waals surface area contributed by atoms with Crippen LogP contribution >= 0.6 is 0 Å². The Hall–Kier alpha value is -0.570. The Morgan fingerprint density at radius 3 is 2.38 bits per heavy atom. The molecule has 1 aliphatic heterocycles. The highest BCUT2D eigenvalue weighted by molar-refractivity contribution is 5.77. The highest BCUT2D eigenvalue weighted by Crippen LogP contribution is 2.20. The maximum atomic E-state index is 11.5. The van der Waals surface area contributed by atoms with Crippen LogP contribution in [0.3, 0.4) is 0 Å². The number of piperidine rings is 1. The number of amides is 1. The molecule has 0 aromatic carbocycles. The van der Waals surface area contributed by atoms with Gasteiger partial charge in [0.15, 0.2) is 0 Å². The van der Waals surface area contributed by atoms with Crippen molar-refractivity contribution >= 4 is 5.91 Å². The molecule has 0 bridgehead atoms. The Balaban J connectivity index is 2.45. The predicted molar refractivity (Wildman–Crippen MR) is 51.4 cm³/mol. The lowest BCUT2D eigenvalue weighted by molar-refractivity contribution is -0.137. The van der Waals surface area contributed by atoms with E-state index in [4.69, 9.17) is 4.74 Å². The van der Waals surface area contributed by atoms with Gasteiger partial charge in [-0.25, -0.2) is 0 Å². The lowest BCUT2D eigenvalue weighted by atomic mass is 9.92. The number of nitrogens with zero attached hydrogens (tertiary/aromatic N) is 1. The molecule has 3 nitrogen and oxygen atoms in total. The van der Waals surface area contributed by atoms with Crippen molar-refractivity contribution in [3.05, 3.63) is 0 Å². The van der Waals surface area contributed by atoms with Crippen molar-refractivity contribution in [1.29, 1.82) is 0 Å². The first-order valence-corrected chi connectivity index (χ1v) is 4.90. The van der Waals surface area contributed by atoms with E-state index in [-0.39, 0.29) is 12.5 Å². The molecule has 1 amide bonds. The average Bonchev–Trinajstić information content (AvgIpc) is 2.03. The smallest absolute Gasteiger partial charge is 0.248 e. The van der Waals surface area contributed by atoms with E-state index in [1.54, 1.807) is 7.11 Å². The minimum Gasteiger partial charge on any atom is -0.375 e. The highest BCUT2D eigenvalue weighted by atomic mass is 16.5. The molecule has 0 radical (unpaired) electrons. The maximum absolute atomic E-state index is 11.5. The molecule has 0 saturated carbocycles. The monoisotopic (exact) mass is 185 g/mol. The summed E-state index contributed by atoms with van der Waals surface area (Å²) < 4.78 is 4.84. The minimum atomic E-state index is 0.126. The molecule has 1 rings (SSSR count). The van der Waals surface area contributed by atoms with Crippen LogP contribution in [-0.2, 0) is 9.53 Å². The number of carbonyl (C=O) groups is 1. The van der Waals surface area contributed by atoms with Crippen molar-refractivity contribution in [2.45, 2.75) is 20.3 Å². The van der Waals surface area contributed by atoms with Crippen LogP contribution in [-0.4, -0.2) is 37.6 Å². The molecule has 1 heterocycles. The number of hydrogen-bond acceptors (Lipinski definition) is 2. The van der Waals surface area contributed by atoms with E-state index in [9.17, 15) is 4.79 Å². The zero-order valence-electron chi connectivity index (χ0n) is 8.75. The van der Waals surface area contributed by atoms with Gasteiger partial charge in [-0.15, -0.1) is 0 Å². The highest BCUT2D eigenvalue weighted by Gasteiger charge is 2.24. The van der Waals surface area contributed by atoms with Gasteiger partial charge >= 0.3 is 0 Å². The molecule has 2 unspecified atom stereocenters. The van der Waals surface area contributed by atoms with E-state index in [0.29, 0.717) is 11.8 Å². The number of hydrogen-bond donors (Lipinski definition) is 0. The van der Waals surface area contributed by atoms with Crippen molar-refractivity contribution in [2.75, 3.05) is 26.8 Å². The summed E-state index contributed by atoms with van der Waals surface area (Å²) in [5.74, 6) is 1.38. The fraction of sp³-hybridized carbons (Fsp3) is 0.900. The second-order valence-electron chi connectivity index (χ2n) is 4.18. The second kappa shape index (κ2) is 4.61. The third-order valence-electron chi connectivity index (χ3n) is 2.49. The maximum Gasteiger partial charge on any atom is 0.248 e. The molecule has 13 heavy (non-hydrogen) atoms. The molecular weight excluding hydrogens is 166 g/mol. The summed E-state index contributed by atoms with van der Waals surface area (Å²) in [6, 6.07) is 0. The van der Waals surface area contributed by atoms with Crippen LogP contribution in [0.25, 0.3) is 0 Å². The molecule has 76 valence electrons. The lowest BCUT2D eigenvalue weighted by Crippen LogP contribution is -2.44. The van der Waals surface area contributed by atoms with E-state index in [1.165, 1.54) is 6.42 Å². The summed E-state index contributed by atoms with van der Waals surface area (Å²) in [5.41, 5.74) is 0. The molecule has 0 N–H and O–H groups in total. The van der Waals surface area contributed by atoms with E-state index in [1.807, 2.05) is 4.90 Å². The second-order valence-corrected chi connectivity index (χ2v) is 4.18. The van der Waals surface area contributed by atoms with Crippen molar-refractivity contribution in [1.82, 2.24) is 4.90 Å². The van der Waals surface area contributed by atoms with E-state index in [0.717, 1.165) is 13.1 Å². The van der Waals surface area contributed by atoms with E-state index >= 15 is 0 Å². The summed E-state index contributed by atoms with van der Waals surface area (Å²) in [7, 11) is 1.56. The summed E-state index contributed by atoms with van der Waals surface area (Å²) >= 11 is 0. The van der Waals surface area contributed by atoms with Gasteiger partial charge in [-0.05, 0) is 18.3 Å². The van der Waals surface area contributed by atoms with Gasteiger partial charge in [0, 0.05) is 20.2 Å². The number of carbonyl (C=O) groups excluding carboxylic acids is 1. The molecule has 0 spiro atoms. The molecular formula is C10H19NO2. The van der Waals surface area contributed by atoms with Crippen LogP contribution in [0.15, 0.2) is 0 Å². The van der Waals surface area contributed by atoms with Gasteiger partial charge in [-0.1, -0.05) is 13.8 Å². The molecule has 3 heteroatoms. The molecule has 1 fully saturated rings. The Bertz CT molecular complexity index is 172. The first-order valence-electron chi connectivity index (χ1n) is 4.90. The zero-order chi connectivity index (χ0) is 9.84. The topological polar surface area (TPSA) is 29.5 Å². The van der Waals surface area contributed by atoms with Crippen molar-refractivity contribution in [2.24, 2.45) is 11.8 Å². The largest absolute Gasteiger partial charge is 0.375 e. The average molecular weight is 185 g/mol. The Kier molecular flexibility index (Phi) is 3.72. The number of ether oxygens (including phenoxy) is 1. The van der Waals surface area contributed by atoms with Crippen molar-refractivity contribution in [3.63, 3.8) is 0 Å². The van der Waals surface area contributed by atoms with Crippen molar-refractivity contribution in [3.8, 4) is 0 Å². The lowest BCUT2D eigenvalue weighted by Gasteiger charge is -2.34. The van der Waals surface area contributed by atoms with Crippen LogP contribution < -0.4 is 0 Å². The fourth-order valence-corrected chi connectivity index (χ4v) is 2.08.